The van der Waals surface area contributed by atoms with Gasteiger partial charge in [-0.1, -0.05) is 0 Å². The van der Waals surface area contributed by atoms with E-state index in [1.54, 1.807) is 0 Å². The summed E-state index contributed by atoms with van der Waals surface area (Å²) in [5.74, 6) is -0.414. The average Bonchev–Trinajstić information content (AvgIpc) is 2.41. The van der Waals surface area contributed by atoms with Crippen LogP contribution in [0.3, 0.4) is 0 Å². The van der Waals surface area contributed by atoms with Crippen LogP contribution >= 0.6 is 0 Å². The monoisotopic (exact) mass is 271 g/mol. The van der Waals surface area contributed by atoms with E-state index in [-0.39, 0.29) is 0 Å². The maximum atomic E-state index is 11.4. The SMILES string of the molecule is N#Cc1cc2c(nc1NC1(C(=O)O)CCC1)CCCC2. The molecule has 2 aliphatic rings. The zero-order valence-corrected chi connectivity index (χ0v) is 11.3. The standard InChI is InChI=1S/C15H17N3O2/c16-9-11-8-10-4-1-2-5-12(10)17-13(11)18-15(14(19)20)6-3-7-15/h8H,1-7H2,(H,17,18)(H,19,20). The van der Waals surface area contributed by atoms with Crippen LogP contribution in [0.2, 0.25) is 0 Å². The molecule has 0 atom stereocenters. The van der Waals surface area contributed by atoms with Crippen LogP contribution in [0.5, 0.6) is 0 Å². The Morgan fingerprint density at radius 3 is 2.70 bits per heavy atom. The first-order valence-corrected chi connectivity index (χ1v) is 7.09. The number of aromatic nitrogens is 1. The van der Waals surface area contributed by atoms with Crippen molar-refractivity contribution in [1.29, 1.82) is 5.26 Å². The second-order valence-electron chi connectivity index (χ2n) is 5.68. The quantitative estimate of drug-likeness (QED) is 0.880. The second-order valence-corrected chi connectivity index (χ2v) is 5.68. The highest BCUT2D eigenvalue weighted by molar-refractivity contribution is 5.84. The summed E-state index contributed by atoms with van der Waals surface area (Å²) < 4.78 is 0. The summed E-state index contributed by atoms with van der Waals surface area (Å²) in [7, 11) is 0. The minimum Gasteiger partial charge on any atom is -0.480 e. The number of nitrogens with one attached hydrogen (secondary N) is 1. The molecule has 5 nitrogen and oxygen atoms in total. The summed E-state index contributed by atoms with van der Waals surface area (Å²) in [6.45, 7) is 0. The number of carbonyl (C=O) groups is 1. The van der Waals surface area contributed by atoms with Gasteiger partial charge in [-0.3, -0.25) is 0 Å². The lowest BCUT2D eigenvalue weighted by atomic mass is 9.76. The summed E-state index contributed by atoms with van der Waals surface area (Å²) in [5.41, 5.74) is 1.67. The molecule has 0 amide bonds. The molecule has 104 valence electrons. The molecule has 1 saturated carbocycles. The van der Waals surface area contributed by atoms with E-state index < -0.39 is 11.5 Å². The van der Waals surface area contributed by atoms with Gasteiger partial charge < -0.3 is 10.4 Å². The molecule has 1 fully saturated rings. The Labute approximate surface area is 117 Å². The van der Waals surface area contributed by atoms with E-state index in [0.717, 1.165) is 43.4 Å². The summed E-state index contributed by atoms with van der Waals surface area (Å²) in [6.07, 6.45) is 6.18. The lowest BCUT2D eigenvalue weighted by Gasteiger charge is -2.39. The van der Waals surface area contributed by atoms with E-state index in [4.69, 9.17) is 0 Å². The lowest BCUT2D eigenvalue weighted by molar-refractivity contribution is -0.145. The number of hydrogen-bond acceptors (Lipinski definition) is 4. The number of carboxylic acid groups (broad SMARTS) is 1. The molecule has 0 aromatic carbocycles. The van der Waals surface area contributed by atoms with Crippen molar-refractivity contribution in [2.45, 2.75) is 50.5 Å². The number of hydrogen-bond donors (Lipinski definition) is 2. The van der Waals surface area contributed by atoms with Gasteiger partial charge >= 0.3 is 5.97 Å². The number of fused-ring (bicyclic) bond motifs is 1. The van der Waals surface area contributed by atoms with Gasteiger partial charge in [-0.25, -0.2) is 9.78 Å². The molecule has 0 saturated heterocycles. The Morgan fingerprint density at radius 1 is 1.35 bits per heavy atom. The van der Waals surface area contributed by atoms with Crippen LogP contribution in [0.25, 0.3) is 0 Å². The number of rotatable bonds is 3. The first-order valence-electron chi connectivity index (χ1n) is 7.09. The third kappa shape index (κ3) is 2.01. The van der Waals surface area contributed by atoms with Crippen LogP contribution in [-0.4, -0.2) is 21.6 Å². The van der Waals surface area contributed by atoms with Crippen LogP contribution in [0.15, 0.2) is 6.07 Å². The summed E-state index contributed by atoms with van der Waals surface area (Å²) in [6, 6.07) is 4.01. The van der Waals surface area contributed by atoms with E-state index >= 15 is 0 Å². The Hall–Kier alpha value is -2.09. The smallest absolute Gasteiger partial charge is 0.329 e. The highest BCUT2D eigenvalue weighted by Gasteiger charge is 2.45. The van der Waals surface area contributed by atoms with Crippen LogP contribution < -0.4 is 5.32 Å². The van der Waals surface area contributed by atoms with Crippen molar-refractivity contribution >= 4 is 11.8 Å². The minimum atomic E-state index is -0.929. The van der Waals surface area contributed by atoms with Crippen LogP contribution in [0, 0.1) is 11.3 Å². The third-order valence-electron chi connectivity index (χ3n) is 4.40. The highest BCUT2D eigenvalue weighted by Crippen LogP contribution is 2.36. The second kappa shape index (κ2) is 4.78. The topological polar surface area (TPSA) is 86.0 Å². The van der Waals surface area contributed by atoms with Crippen LogP contribution in [-0.2, 0) is 17.6 Å². The molecule has 5 heteroatoms. The number of aryl methyl sites for hydroxylation is 2. The molecule has 2 N–H and O–H groups in total. The molecule has 1 aromatic heterocycles. The molecule has 0 radical (unpaired) electrons. The minimum absolute atomic E-state index is 0.440. The maximum absolute atomic E-state index is 11.4. The van der Waals surface area contributed by atoms with Crippen LogP contribution in [0.1, 0.15) is 48.9 Å². The van der Waals surface area contributed by atoms with Gasteiger partial charge in [-0.05, 0) is 56.6 Å². The van der Waals surface area contributed by atoms with Gasteiger partial charge in [0.05, 0.1) is 5.56 Å². The molecule has 20 heavy (non-hydrogen) atoms. The Morgan fingerprint density at radius 2 is 2.10 bits per heavy atom. The van der Waals surface area contributed by atoms with E-state index in [1.165, 1.54) is 0 Å². The summed E-state index contributed by atoms with van der Waals surface area (Å²) in [4.78, 5) is 16.0. The number of pyridine rings is 1. The van der Waals surface area contributed by atoms with E-state index in [1.807, 2.05) is 6.07 Å². The van der Waals surface area contributed by atoms with Crippen molar-refractivity contribution in [3.8, 4) is 6.07 Å². The van der Waals surface area contributed by atoms with E-state index in [2.05, 4.69) is 16.4 Å². The highest BCUT2D eigenvalue weighted by atomic mass is 16.4. The summed E-state index contributed by atoms with van der Waals surface area (Å²) >= 11 is 0. The fourth-order valence-corrected chi connectivity index (χ4v) is 2.96. The largest absolute Gasteiger partial charge is 0.480 e. The molecular formula is C15H17N3O2. The van der Waals surface area contributed by atoms with Gasteiger partial charge in [-0.2, -0.15) is 5.26 Å². The first kappa shape index (κ1) is 12.9. The van der Waals surface area contributed by atoms with Gasteiger partial charge in [0.15, 0.2) is 0 Å². The van der Waals surface area contributed by atoms with Gasteiger partial charge in [0.25, 0.3) is 0 Å². The van der Waals surface area contributed by atoms with Gasteiger partial charge in [0, 0.05) is 5.69 Å². The Bertz CT molecular complexity index is 600. The molecule has 0 unspecified atom stereocenters. The number of nitrogens with zero attached hydrogens (tertiary/aromatic N) is 2. The predicted molar refractivity (Wildman–Crippen MR) is 73.4 cm³/mol. The van der Waals surface area contributed by atoms with E-state index in [0.29, 0.717) is 24.2 Å². The number of anilines is 1. The zero-order valence-electron chi connectivity index (χ0n) is 11.3. The molecule has 0 spiro atoms. The van der Waals surface area contributed by atoms with Crippen molar-refractivity contribution < 1.29 is 9.90 Å². The number of aliphatic carboxylic acids is 1. The average molecular weight is 271 g/mol. The van der Waals surface area contributed by atoms with Crippen molar-refractivity contribution in [3.05, 3.63) is 22.9 Å². The lowest BCUT2D eigenvalue weighted by Crippen LogP contribution is -2.52. The fourth-order valence-electron chi connectivity index (χ4n) is 2.96. The Kier molecular flexibility index (Phi) is 3.09. The van der Waals surface area contributed by atoms with E-state index in [9.17, 15) is 15.2 Å². The molecule has 1 aromatic rings. The van der Waals surface area contributed by atoms with Crippen molar-refractivity contribution in [1.82, 2.24) is 4.98 Å². The van der Waals surface area contributed by atoms with Crippen LogP contribution in [0.4, 0.5) is 5.82 Å². The van der Waals surface area contributed by atoms with Gasteiger partial charge in [0.2, 0.25) is 0 Å². The maximum Gasteiger partial charge on any atom is 0.329 e. The Balaban J connectivity index is 1.96. The van der Waals surface area contributed by atoms with Gasteiger partial charge in [-0.15, -0.1) is 0 Å². The molecular weight excluding hydrogens is 254 g/mol. The van der Waals surface area contributed by atoms with Crippen molar-refractivity contribution in [2.24, 2.45) is 0 Å². The summed E-state index contributed by atoms with van der Waals surface area (Å²) in [5, 5.41) is 21.7. The zero-order chi connectivity index (χ0) is 14.2. The molecule has 0 aliphatic heterocycles. The predicted octanol–water partition coefficient (Wildman–Crippen LogP) is 2.25. The molecule has 2 aliphatic carbocycles. The normalized spacial score (nSPS) is 19.4. The third-order valence-corrected chi connectivity index (χ3v) is 4.40. The first-order chi connectivity index (χ1) is 9.64. The van der Waals surface area contributed by atoms with Crippen molar-refractivity contribution in [3.63, 3.8) is 0 Å². The van der Waals surface area contributed by atoms with Crippen molar-refractivity contribution in [2.75, 3.05) is 5.32 Å². The number of carboxylic acids is 1. The van der Waals surface area contributed by atoms with Gasteiger partial charge in [0.1, 0.15) is 17.4 Å². The fraction of sp³-hybridized carbons (Fsp3) is 0.533. The molecule has 1 heterocycles. The molecule has 3 rings (SSSR count). The number of nitriles is 1. The molecule has 0 bridgehead atoms.